The molecule has 0 bridgehead atoms. The molecule has 1 fully saturated rings. The second kappa shape index (κ2) is 4.33. The van der Waals surface area contributed by atoms with E-state index in [2.05, 4.69) is 14.9 Å². The molecule has 1 aromatic heterocycles. The van der Waals surface area contributed by atoms with Crippen molar-refractivity contribution in [3.05, 3.63) is 18.5 Å². The van der Waals surface area contributed by atoms with Gasteiger partial charge in [0.2, 0.25) is 0 Å². The number of rotatable bonds is 2. The molecule has 2 heterocycles. The fourth-order valence-corrected chi connectivity index (χ4v) is 2.40. The van der Waals surface area contributed by atoms with Crippen molar-refractivity contribution in [3.8, 4) is 11.5 Å². The summed E-state index contributed by atoms with van der Waals surface area (Å²) in [5.74, 6) is 1.46. The Kier molecular flexibility index (Phi) is 2.66. The van der Waals surface area contributed by atoms with Gasteiger partial charge in [-0.1, -0.05) is 0 Å². The van der Waals surface area contributed by atoms with E-state index in [9.17, 15) is 5.11 Å². The average molecular weight is 245 g/mol. The van der Waals surface area contributed by atoms with Crippen LogP contribution >= 0.6 is 0 Å². The van der Waals surface area contributed by atoms with Crippen LogP contribution in [0.15, 0.2) is 18.5 Å². The molecule has 0 spiro atoms. The number of nitrogens with zero attached hydrogens (tertiary/aromatic N) is 3. The van der Waals surface area contributed by atoms with Crippen molar-refractivity contribution < 1.29 is 9.84 Å². The Hall–Kier alpha value is -2.04. The maximum Gasteiger partial charge on any atom is 0.162 e. The number of anilines is 1. The number of hydrogen-bond donors (Lipinski definition) is 1. The zero-order valence-corrected chi connectivity index (χ0v) is 10.3. The van der Waals surface area contributed by atoms with Gasteiger partial charge in [-0.3, -0.25) is 0 Å². The highest BCUT2D eigenvalue weighted by Gasteiger charge is 2.17. The van der Waals surface area contributed by atoms with Gasteiger partial charge in [0.15, 0.2) is 11.5 Å². The number of fused-ring (bicyclic) bond motifs is 1. The lowest BCUT2D eigenvalue weighted by molar-refractivity contribution is 0.374. The molecule has 1 aliphatic heterocycles. The molecule has 0 aliphatic carbocycles. The van der Waals surface area contributed by atoms with E-state index >= 15 is 0 Å². The van der Waals surface area contributed by atoms with Crippen LogP contribution in [0.2, 0.25) is 0 Å². The first-order valence-electron chi connectivity index (χ1n) is 6.06. The quantitative estimate of drug-likeness (QED) is 0.876. The number of methoxy groups -OCH3 is 1. The smallest absolute Gasteiger partial charge is 0.162 e. The third-order valence-corrected chi connectivity index (χ3v) is 3.32. The number of hydrogen-bond acceptors (Lipinski definition) is 5. The minimum atomic E-state index is 0.125. The Morgan fingerprint density at radius 1 is 1.22 bits per heavy atom. The van der Waals surface area contributed by atoms with Gasteiger partial charge in [0, 0.05) is 24.5 Å². The van der Waals surface area contributed by atoms with Crippen LogP contribution in [0.4, 0.5) is 5.82 Å². The predicted octanol–water partition coefficient (Wildman–Crippen LogP) is 1.94. The Morgan fingerprint density at radius 2 is 2.00 bits per heavy atom. The van der Waals surface area contributed by atoms with Gasteiger partial charge in [0.25, 0.3) is 0 Å². The molecule has 0 radical (unpaired) electrons. The average Bonchev–Trinajstić information content (AvgIpc) is 2.91. The number of phenols is 1. The molecule has 2 aromatic rings. The first kappa shape index (κ1) is 11.1. The van der Waals surface area contributed by atoms with Gasteiger partial charge in [0.05, 0.1) is 12.6 Å². The van der Waals surface area contributed by atoms with Gasteiger partial charge in [-0.25, -0.2) is 9.97 Å². The number of aromatic nitrogens is 2. The molecule has 1 aliphatic rings. The Bertz CT molecular complexity index is 580. The SMILES string of the molecule is COc1cc2ncnc(N3CCCC3)c2cc1O. The van der Waals surface area contributed by atoms with Crippen LogP contribution in [-0.4, -0.2) is 35.3 Å². The minimum absolute atomic E-state index is 0.125. The van der Waals surface area contributed by atoms with Crippen molar-refractivity contribution >= 4 is 16.7 Å². The highest BCUT2D eigenvalue weighted by Crippen LogP contribution is 2.34. The lowest BCUT2D eigenvalue weighted by atomic mass is 10.2. The van der Waals surface area contributed by atoms with Gasteiger partial charge in [-0.2, -0.15) is 0 Å². The van der Waals surface area contributed by atoms with Gasteiger partial charge < -0.3 is 14.7 Å². The predicted molar refractivity (Wildman–Crippen MR) is 69.2 cm³/mol. The fraction of sp³-hybridized carbons (Fsp3) is 0.385. The van der Waals surface area contributed by atoms with Gasteiger partial charge in [-0.05, 0) is 18.9 Å². The number of phenolic OH excluding ortho intramolecular Hbond substituents is 1. The molecule has 1 saturated heterocycles. The number of aromatic hydroxyl groups is 1. The van der Waals surface area contributed by atoms with Crippen LogP contribution in [0, 0.1) is 0 Å². The minimum Gasteiger partial charge on any atom is -0.504 e. The number of benzene rings is 1. The molecule has 1 N–H and O–H groups in total. The standard InChI is InChI=1S/C13H15N3O2/c1-18-12-7-10-9(6-11(12)17)13(15-8-14-10)16-4-2-3-5-16/h6-8,17H,2-5H2,1H3. The molecular formula is C13H15N3O2. The van der Waals surface area contributed by atoms with E-state index in [-0.39, 0.29) is 5.75 Å². The summed E-state index contributed by atoms with van der Waals surface area (Å²) >= 11 is 0. The van der Waals surface area contributed by atoms with Crippen LogP contribution in [0.1, 0.15) is 12.8 Å². The molecule has 0 amide bonds. The van der Waals surface area contributed by atoms with E-state index in [4.69, 9.17) is 4.74 Å². The van der Waals surface area contributed by atoms with Crippen LogP contribution in [-0.2, 0) is 0 Å². The molecule has 0 saturated carbocycles. The molecule has 0 atom stereocenters. The number of ether oxygens (including phenoxy) is 1. The Balaban J connectivity index is 2.17. The van der Waals surface area contributed by atoms with Crippen molar-refractivity contribution in [2.45, 2.75) is 12.8 Å². The molecule has 0 unspecified atom stereocenters. The fourth-order valence-electron chi connectivity index (χ4n) is 2.40. The topological polar surface area (TPSA) is 58.5 Å². The lowest BCUT2D eigenvalue weighted by Crippen LogP contribution is -2.19. The lowest BCUT2D eigenvalue weighted by Gasteiger charge is -2.18. The van der Waals surface area contributed by atoms with Crippen LogP contribution in [0.25, 0.3) is 10.9 Å². The Labute approximate surface area is 105 Å². The summed E-state index contributed by atoms with van der Waals surface area (Å²) in [6.45, 7) is 2.03. The van der Waals surface area contributed by atoms with E-state index < -0.39 is 0 Å². The van der Waals surface area contributed by atoms with Gasteiger partial charge in [-0.15, -0.1) is 0 Å². The summed E-state index contributed by atoms with van der Waals surface area (Å²) in [6, 6.07) is 3.42. The molecule has 18 heavy (non-hydrogen) atoms. The summed E-state index contributed by atoms with van der Waals surface area (Å²) in [5, 5.41) is 10.7. The normalized spacial score (nSPS) is 15.3. The van der Waals surface area contributed by atoms with Gasteiger partial charge >= 0.3 is 0 Å². The zero-order valence-electron chi connectivity index (χ0n) is 10.3. The summed E-state index contributed by atoms with van der Waals surface area (Å²) in [5.41, 5.74) is 0.793. The molecule has 5 nitrogen and oxygen atoms in total. The molecule has 1 aromatic carbocycles. The summed E-state index contributed by atoms with van der Waals surface area (Å²) < 4.78 is 5.09. The largest absolute Gasteiger partial charge is 0.504 e. The van der Waals surface area contributed by atoms with Crippen LogP contribution in [0.3, 0.4) is 0 Å². The van der Waals surface area contributed by atoms with E-state index in [1.807, 2.05) is 0 Å². The summed E-state index contributed by atoms with van der Waals surface area (Å²) in [4.78, 5) is 10.8. The van der Waals surface area contributed by atoms with Crippen molar-refractivity contribution in [1.82, 2.24) is 9.97 Å². The second-order valence-electron chi connectivity index (χ2n) is 4.43. The van der Waals surface area contributed by atoms with E-state index in [1.165, 1.54) is 20.0 Å². The molecule has 5 heteroatoms. The zero-order chi connectivity index (χ0) is 12.5. The van der Waals surface area contributed by atoms with E-state index in [1.54, 1.807) is 18.5 Å². The van der Waals surface area contributed by atoms with Crippen molar-refractivity contribution in [2.24, 2.45) is 0 Å². The molecular weight excluding hydrogens is 230 g/mol. The highest BCUT2D eigenvalue weighted by molar-refractivity contribution is 5.91. The summed E-state index contributed by atoms with van der Waals surface area (Å²) in [7, 11) is 1.53. The second-order valence-corrected chi connectivity index (χ2v) is 4.43. The highest BCUT2D eigenvalue weighted by atomic mass is 16.5. The Morgan fingerprint density at radius 3 is 2.72 bits per heavy atom. The van der Waals surface area contributed by atoms with Crippen molar-refractivity contribution in [3.63, 3.8) is 0 Å². The van der Waals surface area contributed by atoms with Crippen molar-refractivity contribution in [2.75, 3.05) is 25.1 Å². The van der Waals surface area contributed by atoms with Crippen LogP contribution < -0.4 is 9.64 Å². The molecule has 3 rings (SSSR count). The van der Waals surface area contributed by atoms with Crippen LogP contribution in [0.5, 0.6) is 11.5 Å². The van der Waals surface area contributed by atoms with Crippen molar-refractivity contribution in [1.29, 1.82) is 0 Å². The van der Waals surface area contributed by atoms with E-state index in [0.717, 1.165) is 29.8 Å². The van der Waals surface area contributed by atoms with Gasteiger partial charge in [0.1, 0.15) is 12.1 Å². The maximum atomic E-state index is 9.88. The van der Waals surface area contributed by atoms with E-state index in [0.29, 0.717) is 5.75 Å². The third kappa shape index (κ3) is 1.72. The maximum absolute atomic E-state index is 9.88. The first-order chi connectivity index (χ1) is 8.79. The first-order valence-corrected chi connectivity index (χ1v) is 6.06. The molecule has 94 valence electrons. The third-order valence-electron chi connectivity index (χ3n) is 3.32. The summed E-state index contributed by atoms with van der Waals surface area (Å²) in [6.07, 6.45) is 3.94. The monoisotopic (exact) mass is 245 g/mol.